The van der Waals surface area contributed by atoms with Gasteiger partial charge in [-0.1, -0.05) is 24.3 Å². The molecule has 1 saturated carbocycles. The summed E-state index contributed by atoms with van der Waals surface area (Å²) in [7, 11) is 0. The maximum atomic E-state index is 14.4. The molecule has 2 aromatic carbocycles. The van der Waals surface area contributed by atoms with Crippen LogP contribution < -0.4 is 15.4 Å². The van der Waals surface area contributed by atoms with E-state index in [2.05, 4.69) is 15.6 Å². The van der Waals surface area contributed by atoms with Crippen molar-refractivity contribution in [3.8, 4) is 11.5 Å². The van der Waals surface area contributed by atoms with E-state index in [0.29, 0.717) is 24.8 Å². The smallest absolute Gasteiger partial charge is 0.191 e. The fourth-order valence-electron chi connectivity index (χ4n) is 3.43. The second kappa shape index (κ2) is 10.8. The highest BCUT2D eigenvalue weighted by Crippen LogP contribution is 2.25. The number of hydrogen-bond donors (Lipinski definition) is 3. The predicted molar refractivity (Wildman–Crippen MR) is 114 cm³/mol. The Morgan fingerprint density at radius 3 is 2.59 bits per heavy atom. The number of benzene rings is 2. The molecule has 1 aliphatic rings. The molecule has 0 unspecified atom stereocenters. The molecular formula is C23H30FN3O2. The molecule has 0 saturated heterocycles. The van der Waals surface area contributed by atoms with E-state index in [4.69, 9.17) is 4.74 Å². The summed E-state index contributed by atoms with van der Waals surface area (Å²) < 4.78 is 20.0. The van der Waals surface area contributed by atoms with Gasteiger partial charge in [0.1, 0.15) is 5.75 Å². The number of ether oxygens (including phenoxy) is 1. The Hall–Kier alpha value is -2.60. The third-order valence-electron chi connectivity index (χ3n) is 5.02. The van der Waals surface area contributed by atoms with Crippen molar-refractivity contribution in [1.82, 2.24) is 10.6 Å². The van der Waals surface area contributed by atoms with E-state index in [1.165, 1.54) is 6.07 Å². The highest BCUT2D eigenvalue weighted by Gasteiger charge is 2.19. The van der Waals surface area contributed by atoms with E-state index >= 15 is 0 Å². The first-order chi connectivity index (χ1) is 14.1. The highest BCUT2D eigenvalue weighted by atomic mass is 19.1. The first-order valence-corrected chi connectivity index (χ1v) is 10.4. The maximum absolute atomic E-state index is 14.4. The summed E-state index contributed by atoms with van der Waals surface area (Å²) in [6.45, 7) is 3.37. The monoisotopic (exact) mass is 399 g/mol. The molecule has 3 N–H and O–H groups in total. The van der Waals surface area contributed by atoms with Crippen LogP contribution in [0, 0.1) is 5.82 Å². The number of hydrogen-bond acceptors (Lipinski definition) is 3. The molecule has 0 heterocycles. The molecule has 0 spiro atoms. The number of aliphatic hydroxyl groups excluding tert-OH is 1. The number of rotatable bonds is 7. The van der Waals surface area contributed by atoms with Gasteiger partial charge < -0.3 is 20.5 Å². The molecule has 1 aliphatic carbocycles. The van der Waals surface area contributed by atoms with Crippen molar-refractivity contribution >= 4 is 5.96 Å². The van der Waals surface area contributed by atoms with E-state index in [9.17, 15) is 9.50 Å². The molecule has 2 aromatic rings. The van der Waals surface area contributed by atoms with Gasteiger partial charge in [0.25, 0.3) is 0 Å². The lowest BCUT2D eigenvalue weighted by molar-refractivity contribution is 0.120. The van der Waals surface area contributed by atoms with E-state index in [1.54, 1.807) is 18.2 Å². The van der Waals surface area contributed by atoms with Gasteiger partial charge in [0, 0.05) is 19.1 Å². The Morgan fingerprint density at radius 1 is 1.14 bits per heavy atom. The molecule has 0 amide bonds. The Bertz CT molecular complexity index is 790. The van der Waals surface area contributed by atoms with Crippen molar-refractivity contribution in [3.05, 3.63) is 59.9 Å². The summed E-state index contributed by atoms with van der Waals surface area (Å²) in [5, 5.41) is 16.3. The average molecular weight is 400 g/mol. The van der Waals surface area contributed by atoms with E-state index < -0.39 is 0 Å². The lowest BCUT2D eigenvalue weighted by Gasteiger charge is -2.27. The Labute approximate surface area is 172 Å². The minimum absolute atomic E-state index is 0.170. The van der Waals surface area contributed by atoms with Gasteiger partial charge >= 0.3 is 0 Å². The third kappa shape index (κ3) is 6.75. The zero-order valence-corrected chi connectivity index (χ0v) is 16.9. The molecular weight excluding hydrogens is 369 g/mol. The summed E-state index contributed by atoms with van der Waals surface area (Å²) in [6, 6.07) is 14.6. The Morgan fingerprint density at radius 2 is 1.90 bits per heavy atom. The standard InChI is InChI=1S/C23H30FN3O2/c1-2-25-23(27-18-9-11-19(28)12-10-18)26-15-14-17-8-13-22(21(24)16-17)29-20-6-4-3-5-7-20/h3-8,13,16,18-19,28H,2,9-12,14-15H2,1H3,(H2,25,26,27). The van der Waals surface area contributed by atoms with E-state index in [0.717, 1.165) is 43.8 Å². The number of para-hydroxylation sites is 1. The minimum atomic E-state index is -0.374. The van der Waals surface area contributed by atoms with Gasteiger partial charge in [-0.3, -0.25) is 4.99 Å². The predicted octanol–water partition coefficient (Wildman–Crippen LogP) is 4.02. The van der Waals surface area contributed by atoms with Crippen LogP contribution in [0.25, 0.3) is 0 Å². The number of guanidine groups is 1. The quantitative estimate of drug-likeness (QED) is 0.486. The largest absolute Gasteiger partial charge is 0.454 e. The number of halogens is 1. The van der Waals surface area contributed by atoms with Crippen LogP contribution in [0.4, 0.5) is 4.39 Å². The van der Waals surface area contributed by atoms with Gasteiger partial charge in [0.15, 0.2) is 17.5 Å². The minimum Gasteiger partial charge on any atom is -0.454 e. The van der Waals surface area contributed by atoms with Crippen LogP contribution in [-0.4, -0.2) is 36.3 Å². The van der Waals surface area contributed by atoms with Crippen molar-refractivity contribution in [1.29, 1.82) is 0 Å². The molecule has 0 bridgehead atoms. The molecule has 156 valence electrons. The van der Waals surface area contributed by atoms with Crippen molar-refractivity contribution in [2.75, 3.05) is 13.1 Å². The Balaban J connectivity index is 1.54. The van der Waals surface area contributed by atoms with Gasteiger partial charge in [-0.15, -0.1) is 0 Å². The SMILES string of the molecule is CCNC(=NCCc1ccc(Oc2ccccc2)c(F)c1)NC1CCC(O)CC1. The van der Waals surface area contributed by atoms with E-state index in [1.807, 2.05) is 31.2 Å². The van der Waals surface area contributed by atoms with Gasteiger partial charge in [0.2, 0.25) is 0 Å². The number of nitrogens with one attached hydrogen (secondary N) is 2. The molecule has 3 rings (SSSR count). The van der Waals surface area contributed by atoms with Crippen molar-refractivity contribution in [3.63, 3.8) is 0 Å². The summed E-state index contributed by atoms with van der Waals surface area (Å²) in [5.41, 5.74) is 0.878. The van der Waals surface area contributed by atoms with Crippen LogP contribution in [0.5, 0.6) is 11.5 Å². The Kier molecular flexibility index (Phi) is 7.87. The molecule has 6 heteroatoms. The van der Waals surface area contributed by atoms with Crippen molar-refractivity contribution in [2.24, 2.45) is 4.99 Å². The molecule has 0 atom stereocenters. The zero-order valence-electron chi connectivity index (χ0n) is 16.9. The van der Waals surface area contributed by atoms with E-state index in [-0.39, 0.29) is 17.7 Å². The molecule has 0 aliphatic heterocycles. The fourth-order valence-corrected chi connectivity index (χ4v) is 3.43. The van der Waals surface area contributed by atoms with Crippen LogP contribution in [0.15, 0.2) is 53.5 Å². The van der Waals surface area contributed by atoms with Crippen LogP contribution in [0.2, 0.25) is 0 Å². The van der Waals surface area contributed by atoms with Gasteiger partial charge in [0.05, 0.1) is 6.10 Å². The first-order valence-electron chi connectivity index (χ1n) is 10.4. The van der Waals surface area contributed by atoms with Crippen LogP contribution in [0.3, 0.4) is 0 Å². The summed E-state index contributed by atoms with van der Waals surface area (Å²) in [6.07, 6.45) is 4.01. The number of aliphatic imine (C=N–C) groups is 1. The molecule has 0 aromatic heterocycles. The van der Waals surface area contributed by atoms with Crippen molar-refractivity contribution < 1.29 is 14.2 Å². The highest BCUT2D eigenvalue weighted by molar-refractivity contribution is 5.80. The lowest BCUT2D eigenvalue weighted by Crippen LogP contribution is -2.45. The second-order valence-corrected chi connectivity index (χ2v) is 7.34. The molecule has 5 nitrogen and oxygen atoms in total. The average Bonchev–Trinajstić information content (AvgIpc) is 2.72. The first kappa shape index (κ1) is 21.1. The van der Waals surface area contributed by atoms with Gasteiger partial charge in [-0.05, 0) is 68.9 Å². The third-order valence-corrected chi connectivity index (χ3v) is 5.02. The van der Waals surface area contributed by atoms with Crippen LogP contribution in [0.1, 0.15) is 38.2 Å². The molecule has 29 heavy (non-hydrogen) atoms. The summed E-state index contributed by atoms with van der Waals surface area (Å²) >= 11 is 0. The summed E-state index contributed by atoms with van der Waals surface area (Å²) in [4.78, 5) is 4.62. The van der Waals surface area contributed by atoms with Gasteiger partial charge in [-0.25, -0.2) is 4.39 Å². The zero-order chi connectivity index (χ0) is 20.5. The normalized spacial score (nSPS) is 19.6. The number of aliphatic hydroxyl groups is 1. The molecule has 1 fully saturated rings. The topological polar surface area (TPSA) is 65.9 Å². The van der Waals surface area contributed by atoms with Gasteiger partial charge in [-0.2, -0.15) is 0 Å². The van der Waals surface area contributed by atoms with Crippen LogP contribution in [-0.2, 0) is 6.42 Å². The maximum Gasteiger partial charge on any atom is 0.191 e. The lowest BCUT2D eigenvalue weighted by atomic mass is 9.93. The second-order valence-electron chi connectivity index (χ2n) is 7.34. The van der Waals surface area contributed by atoms with Crippen LogP contribution >= 0.6 is 0 Å². The fraction of sp³-hybridized carbons (Fsp3) is 0.435. The van der Waals surface area contributed by atoms with Crippen molar-refractivity contribution in [2.45, 2.75) is 51.2 Å². The number of nitrogens with zero attached hydrogens (tertiary/aromatic N) is 1. The summed E-state index contributed by atoms with van der Waals surface area (Å²) in [5.74, 6) is 1.23. The molecule has 0 radical (unpaired) electrons.